The summed E-state index contributed by atoms with van der Waals surface area (Å²) in [6, 6.07) is 21.3. The van der Waals surface area contributed by atoms with Crippen LogP contribution in [0.4, 0.5) is 4.79 Å². The quantitative estimate of drug-likeness (QED) is 0.379. The molecule has 1 aromatic heterocycles. The molecule has 0 bridgehead atoms. The van der Waals surface area contributed by atoms with Crippen LogP contribution in [0.5, 0.6) is 0 Å². The van der Waals surface area contributed by atoms with E-state index in [1.165, 1.54) is 19.6 Å². The van der Waals surface area contributed by atoms with Gasteiger partial charge in [0.05, 0.1) is 24.7 Å². The third-order valence-corrected chi connectivity index (χ3v) is 7.41. The van der Waals surface area contributed by atoms with Gasteiger partial charge >= 0.3 is 12.1 Å². The Hall–Kier alpha value is -4.17. The van der Waals surface area contributed by atoms with Gasteiger partial charge in [-0.25, -0.2) is 14.6 Å². The maximum atomic E-state index is 12.3. The third kappa shape index (κ3) is 4.52. The smallest absolute Gasteiger partial charge is 0.409 e. The molecule has 1 aliphatic heterocycles. The fourth-order valence-electron chi connectivity index (χ4n) is 5.26. The molecule has 2 N–H and O–H groups in total. The summed E-state index contributed by atoms with van der Waals surface area (Å²) in [6.45, 7) is 4.38. The van der Waals surface area contributed by atoms with Gasteiger partial charge in [-0.2, -0.15) is 0 Å². The summed E-state index contributed by atoms with van der Waals surface area (Å²) in [5.74, 6) is -0.646. The predicted molar refractivity (Wildman–Crippen MR) is 144 cm³/mol. The molecule has 2 heterocycles. The highest BCUT2D eigenvalue weighted by Gasteiger charge is 2.33. The predicted octanol–water partition coefficient (Wildman–Crippen LogP) is 4.92. The van der Waals surface area contributed by atoms with E-state index in [9.17, 15) is 19.8 Å². The number of aromatic nitrogens is 2. The Morgan fingerprint density at radius 2 is 1.87 bits per heavy atom. The number of ether oxygens (including phenoxy) is 1. The second-order valence-electron chi connectivity index (χ2n) is 10.0. The molecular formula is C30H31N3O5. The first-order valence-corrected chi connectivity index (χ1v) is 12.7. The Morgan fingerprint density at radius 1 is 1.11 bits per heavy atom. The van der Waals surface area contributed by atoms with Gasteiger partial charge in [-0.05, 0) is 55.5 Å². The number of carbonyl (C=O) groups excluding carboxylic acids is 1. The number of carbonyl (C=O) groups is 2. The van der Waals surface area contributed by atoms with Crippen molar-refractivity contribution in [2.45, 2.75) is 44.9 Å². The minimum Gasteiger partial charge on any atom is -0.479 e. The lowest BCUT2D eigenvalue weighted by Gasteiger charge is -2.28. The molecule has 3 aromatic carbocycles. The van der Waals surface area contributed by atoms with Crippen LogP contribution < -0.4 is 0 Å². The molecule has 8 heteroatoms. The third-order valence-electron chi connectivity index (χ3n) is 7.41. The maximum Gasteiger partial charge on any atom is 0.409 e. The van der Waals surface area contributed by atoms with Crippen LogP contribution in [0.2, 0.25) is 0 Å². The lowest BCUT2D eigenvalue weighted by Crippen LogP contribution is -2.35. The van der Waals surface area contributed by atoms with Crippen LogP contribution in [-0.4, -0.2) is 50.4 Å². The molecule has 1 aliphatic rings. The van der Waals surface area contributed by atoms with E-state index in [4.69, 9.17) is 9.72 Å². The first-order chi connectivity index (χ1) is 18.2. The van der Waals surface area contributed by atoms with Gasteiger partial charge in [0.2, 0.25) is 0 Å². The topological polar surface area (TPSA) is 105 Å². The zero-order chi connectivity index (χ0) is 27.0. The van der Waals surface area contributed by atoms with E-state index in [0.717, 1.165) is 28.6 Å². The Morgan fingerprint density at radius 3 is 2.58 bits per heavy atom. The minimum atomic E-state index is -2.04. The van der Waals surface area contributed by atoms with Crippen molar-refractivity contribution < 1.29 is 24.5 Å². The Bertz CT molecular complexity index is 1510. The van der Waals surface area contributed by atoms with Gasteiger partial charge < -0.3 is 24.4 Å². The Labute approximate surface area is 221 Å². The van der Waals surface area contributed by atoms with Crippen LogP contribution in [0.1, 0.15) is 42.1 Å². The zero-order valence-corrected chi connectivity index (χ0v) is 21.7. The van der Waals surface area contributed by atoms with Gasteiger partial charge in [0, 0.05) is 23.7 Å². The van der Waals surface area contributed by atoms with Crippen molar-refractivity contribution in [3.63, 3.8) is 0 Å². The van der Waals surface area contributed by atoms with Crippen molar-refractivity contribution in [2.24, 2.45) is 0 Å². The first kappa shape index (κ1) is 25.5. The molecule has 0 aliphatic carbocycles. The van der Waals surface area contributed by atoms with Gasteiger partial charge in [0.25, 0.3) is 0 Å². The number of amides is 1. The molecule has 0 spiro atoms. The van der Waals surface area contributed by atoms with Crippen molar-refractivity contribution in [3.05, 3.63) is 89.0 Å². The van der Waals surface area contributed by atoms with Gasteiger partial charge in [-0.15, -0.1) is 0 Å². The van der Waals surface area contributed by atoms with Crippen molar-refractivity contribution in [1.82, 2.24) is 14.5 Å². The summed E-state index contributed by atoms with van der Waals surface area (Å²) < 4.78 is 7.15. The summed E-state index contributed by atoms with van der Waals surface area (Å²) in [6.07, 6.45) is 1.10. The SMILES string of the molecule is COC(=O)N1CCc2ccc3c(nc(-c4cccc(C(C)(O)C(=O)O)c4)n3[C@H](C)Cc3ccccc3)c2C1. The molecule has 196 valence electrons. The second-order valence-corrected chi connectivity index (χ2v) is 10.0. The first-order valence-electron chi connectivity index (χ1n) is 12.7. The number of nitrogens with zero attached hydrogens (tertiary/aromatic N) is 3. The minimum absolute atomic E-state index is 0.0133. The van der Waals surface area contributed by atoms with Crippen LogP contribution in [0.15, 0.2) is 66.7 Å². The molecule has 1 amide bonds. The lowest BCUT2D eigenvalue weighted by molar-refractivity contribution is -0.157. The normalized spacial score (nSPS) is 15.5. The summed E-state index contributed by atoms with van der Waals surface area (Å²) in [5.41, 5.74) is 4.00. The van der Waals surface area contributed by atoms with E-state index < -0.39 is 11.6 Å². The van der Waals surface area contributed by atoms with E-state index in [1.54, 1.807) is 23.1 Å². The van der Waals surface area contributed by atoms with E-state index in [0.29, 0.717) is 30.9 Å². The Kier molecular flexibility index (Phi) is 6.67. The second kappa shape index (κ2) is 9.95. The van der Waals surface area contributed by atoms with Crippen LogP contribution >= 0.6 is 0 Å². The number of methoxy groups -OCH3 is 1. The molecule has 8 nitrogen and oxygen atoms in total. The molecule has 0 radical (unpaired) electrons. The maximum absolute atomic E-state index is 12.3. The number of fused-ring (bicyclic) bond motifs is 3. The largest absolute Gasteiger partial charge is 0.479 e. The summed E-state index contributed by atoms with van der Waals surface area (Å²) in [7, 11) is 1.38. The number of benzene rings is 3. The fraction of sp³-hybridized carbons (Fsp3) is 0.300. The molecule has 1 unspecified atom stereocenters. The number of hydrogen-bond acceptors (Lipinski definition) is 5. The highest BCUT2D eigenvalue weighted by atomic mass is 16.5. The van der Waals surface area contributed by atoms with Gasteiger partial charge in [0.15, 0.2) is 5.60 Å². The molecule has 38 heavy (non-hydrogen) atoms. The van der Waals surface area contributed by atoms with Crippen molar-refractivity contribution >= 4 is 23.1 Å². The van der Waals surface area contributed by atoms with Crippen molar-refractivity contribution in [1.29, 1.82) is 0 Å². The molecule has 2 atom stereocenters. The molecule has 5 rings (SSSR count). The standard InChI is InChI=1S/C30H31N3O5/c1-19(16-20-8-5-4-6-9-20)33-25-13-12-21-14-15-32(29(36)38-3)18-24(21)26(25)31-27(33)22-10-7-11-23(17-22)30(2,37)28(34)35/h4-13,17,19,37H,14-16,18H2,1-3H3,(H,34,35)/t19-,30?/m1/s1. The van der Waals surface area contributed by atoms with Gasteiger partial charge in [0.1, 0.15) is 5.82 Å². The average molecular weight is 514 g/mol. The van der Waals surface area contributed by atoms with Crippen molar-refractivity contribution in [2.75, 3.05) is 13.7 Å². The van der Waals surface area contributed by atoms with E-state index in [2.05, 4.69) is 35.8 Å². The number of carboxylic acids is 1. The summed E-state index contributed by atoms with van der Waals surface area (Å²) in [4.78, 5) is 30.8. The van der Waals surface area contributed by atoms with E-state index >= 15 is 0 Å². The van der Waals surface area contributed by atoms with Gasteiger partial charge in [-0.1, -0.05) is 54.6 Å². The highest BCUT2D eigenvalue weighted by molar-refractivity contribution is 5.86. The average Bonchev–Trinajstić information content (AvgIpc) is 3.33. The number of carboxylic acid groups (broad SMARTS) is 1. The van der Waals surface area contributed by atoms with Gasteiger partial charge in [-0.3, -0.25) is 0 Å². The zero-order valence-electron chi connectivity index (χ0n) is 21.7. The van der Waals surface area contributed by atoms with Crippen molar-refractivity contribution in [3.8, 4) is 11.4 Å². The van der Waals surface area contributed by atoms with E-state index in [-0.39, 0.29) is 17.7 Å². The van der Waals surface area contributed by atoms with Crippen LogP contribution in [0, 0.1) is 0 Å². The molecule has 0 saturated heterocycles. The lowest BCUT2D eigenvalue weighted by atomic mass is 9.94. The molecule has 0 fully saturated rings. The number of aliphatic carboxylic acids is 1. The fourth-order valence-corrected chi connectivity index (χ4v) is 5.26. The summed E-state index contributed by atoms with van der Waals surface area (Å²) in [5, 5.41) is 20.2. The van der Waals surface area contributed by atoms with Crippen LogP contribution in [0.3, 0.4) is 0 Å². The van der Waals surface area contributed by atoms with E-state index in [1.807, 2.05) is 24.3 Å². The molecular weight excluding hydrogens is 482 g/mol. The van der Waals surface area contributed by atoms with Crippen LogP contribution in [0.25, 0.3) is 22.4 Å². The Balaban J connectivity index is 1.69. The number of rotatable bonds is 6. The number of imidazole rings is 1. The van der Waals surface area contributed by atoms with Crippen LogP contribution in [-0.2, 0) is 34.5 Å². The highest BCUT2D eigenvalue weighted by Crippen LogP contribution is 2.36. The number of hydrogen-bond donors (Lipinski definition) is 2. The molecule has 4 aromatic rings. The summed E-state index contributed by atoms with van der Waals surface area (Å²) >= 11 is 0. The monoisotopic (exact) mass is 513 g/mol. The number of aliphatic hydroxyl groups is 1. The molecule has 0 saturated carbocycles.